The van der Waals surface area contributed by atoms with Crippen LogP contribution in [0, 0.1) is 5.82 Å². The number of ketones is 1. The van der Waals surface area contributed by atoms with E-state index in [9.17, 15) is 9.18 Å². The van der Waals surface area contributed by atoms with Gasteiger partial charge in [0.2, 0.25) is 0 Å². The second-order valence-corrected chi connectivity index (χ2v) is 5.42. The van der Waals surface area contributed by atoms with Gasteiger partial charge >= 0.3 is 0 Å². The topological polar surface area (TPSA) is 43.1 Å². The summed E-state index contributed by atoms with van der Waals surface area (Å²) in [6.07, 6.45) is 0.0185. The van der Waals surface area contributed by atoms with Crippen molar-refractivity contribution >= 4 is 46.3 Å². The molecule has 2 aromatic carbocycles. The number of carbonyl (C=O) groups excluding carboxylic acids is 1. The van der Waals surface area contributed by atoms with Crippen molar-refractivity contribution in [2.45, 2.75) is 6.42 Å². The molecule has 0 aromatic heterocycles. The molecule has 2 aromatic rings. The largest absolute Gasteiger partial charge is 0.396 e. The lowest BCUT2D eigenvalue weighted by atomic mass is 10.0. The summed E-state index contributed by atoms with van der Waals surface area (Å²) in [5.41, 5.74) is 6.66. The van der Waals surface area contributed by atoms with Crippen LogP contribution in [0.25, 0.3) is 0 Å². The summed E-state index contributed by atoms with van der Waals surface area (Å²) in [6.45, 7) is 0. The van der Waals surface area contributed by atoms with Gasteiger partial charge in [-0.15, -0.1) is 0 Å². The van der Waals surface area contributed by atoms with Crippen LogP contribution in [0.1, 0.15) is 15.9 Å². The van der Waals surface area contributed by atoms with Crippen LogP contribution >= 0.6 is 34.8 Å². The Kier molecular flexibility index (Phi) is 4.53. The number of Topliss-reactive ketones (excluding diaryl/α,β-unsaturated/α-hetero) is 1. The maximum atomic E-state index is 13.3. The Morgan fingerprint density at radius 3 is 2.20 bits per heavy atom. The Morgan fingerprint density at radius 1 is 1.05 bits per heavy atom. The van der Waals surface area contributed by atoms with Crippen LogP contribution in [0.5, 0.6) is 0 Å². The van der Waals surface area contributed by atoms with Gasteiger partial charge in [-0.25, -0.2) is 4.39 Å². The van der Waals surface area contributed by atoms with E-state index in [0.29, 0.717) is 11.1 Å². The molecule has 2 nitrogen and oxygen atoms in total. The molecule has 0 spiro atoms. The van der Waals surface area contributed by atoms with Gasteiger partial charge in [0, 0.05) is 12.0 Å². The first-order valence-electron chi connectivity index (χ1n) is 5.60. The zero-order chi connectivity index (χ0) is 14.9. The van der Waals surface area contributed by atoms with Crippen molar-refractivity contribution in [2.24, 2.45) is 0 Å². The smallest absolute Gasteiger partial charge is 0.167 e. The highest BCUT2D eigenvalue weighted by Gasteiger charge is 2.13. The highest BCUT2D eigenvalue weighted by molar-refractivity contribution is 6.39. The maximum absolute atomic E-state index is 13.3. The van der Waals surface area contributed by atoms with Gasteiger partial charge < -0.3 is 5.73 Å². The molecule has 0 aliphatic heterocycles. The first-order valence-corrected chi connectivity index (χ1v) is 6.73. The minimum atomic E-state index is -0.565. The Bertz CT molecular complexity index is 665. The van der Waals surface area contributed by atoms with Gasteiger partial charge in [-0.05, 0) is 29.8 Å². The number of anilines is 1. The molecular weight excluding hydrogens is 324 g/mol. The summed E-state index contributed by atoms with van der Waals surface area (Å²) >= 11 is 17.3. The van der Waals surface area contributed by atoms with E-state index in [4.69, 9.17) is 40.5 Å². The summed E-state index contributed by atoms with van der Waals surface area (Å²) in [5, 5.41) is 0.436. The van der Waals surface area contributed by atoms with E-state index in [1.165, 1.54) is 24.3 Å². The molecule has 0 fully saturated rings. The van der Waals surface area contributed by atoms with Gasteiger partial charge in [0.15, 0.2) is 5.78 Å². The van der Waals surface area contributed by atoms with Crippen molar-refractivity contribution in [2.75, 3.05) is 5.73 Å². The SMILES string of the molecule is Nc1c(Cl)cc(C(=O)Cc2ccc(Cl)c(F)c2)cc1Cl. The van der Waals surface area contributed by atoms with Crippen molar-refractivity contribution in [3.8, 4) is 0 Å². The van der Waals surface area contributed by atoms with Gasteiger partial charge in [-0.2, -0.15) is 0 Å². The van der Waals surface area contributed by atoms with E-state index >= 15 is 0 Å². The third-order valence-electron chi connectivity index (χ3n) is 2.75. The molecule has 0 aliphatic rings. The average molecular weight is 333 g/mol. The fraction of sp³-hybridized carbons (Fsp3) is 0.0714. The highest BCUT2D eigenvalue weighted by atomic mass is 35.5. The Labute approximate surface area is 130 Å². The monoisotopic (exact) mass is 331 g/mol. The van der Waals surface area contributed by atoms with Crippen LogP contribution in [0.2, 0.25) is 15.1 Å². The molecule has 0 amide bonds. The molecule has 0 unspecified atom stereocenters. The number of carbonyl (C=O) groups is 1. The quantitative estimate of drug-likeness (QED) is 0.648. The molecular formula is C14H9Cl3FNO. The second-order valence-electron chi connectivity index (χ2n) is 4.20. The summed E-state index contributed by atoms with van der Waals surface area (Å²) in [4.78, 5) is 12.1. The molecule has 0 atom stereocenters. The average Bonchev–Trinajstić information content (AvgIpc) is 2.39. The van der Waals surface area contributed by atoms with Crippen LogP contribution in [0.15, 0.2) is 30.3 Å². The number of nitrogen functional groups attached to an aromatic ring is 1. The van der Waals surface area contributed by atoms with Gasteiger partial charge in [-0.3, -0.25) is 4.79 Å². The van der Waals surface area contributed by atoms with E-state index in [2.05, 4.69) is 0 Å². The van der Waals surface area contributed by atoms with Crippen LogP contribution in [0.4, 0.5) is 10.1 Å². The summed E-state index contributed by atoms with van der Waals surface area (Å²) in [7, 11) is 0. The molecule has 0 heterocycles. The first kappa shape index (κ1) is 15.1. The van der Waals surface area contributed by atoms with Gasteiger partial charge in [0.25, 0.3) is 0 Å². The Balaban J connectivity index is 2.26. The van der Waals surface area contributed by atoms with Crippen LogP contribution < -0.4 is 5.73 Å². The third kappa shape index (κ3) is 3.23. The lowest BCUT2D eigenvalue weighted by Crippen LogP contribution is -2.05. The molecule has 0 saturated carbocycles. The minimum absolute atomic E-state index is 0.0137. The molecule has 6 heteroatoms. The van der Waals surface area contributed by atoms with Crippen molar-refractivity contribution in [1.82, 2.24) is 0 Å². The standard InChI is InChI=1S/C14H9Cl3FNO/c15-9-2-1-7(3-12(9)18)4-13(20)8-5-10(16)14(19)11(17)6-8/h1-3,5-6H,4,19H2. The Hall–Kier alpha value is -1.29. The second kappa shape index (κ2) is 6.00. The zero-order valence-corrected chi connectivity index (χ0v) is 12.4. The zero-order valence-electron chi connectivity index (χ0n) is 10.1. The lowest BCUT2D eigenvalue weighted by Gasteiger charge is -2.06. The van der Waals surface area contributed by atoms with E-state index in [-0.39, 0.29) is 33.0 Å². The molecule has 20 heavy (non-hydrogen) atoms. The number of halogens is 4. The van der Waals surface area contributed by atoms with Gasteiger partial charge in [0.1, 0.15) is 5.82 Å². The van der Waals surface area contributed by atoms with Crippen molar-refractivity contribution in [3.05, 3.63) is 62.3 Å². The molecule has 0 radical (unpaired) electrons. The third-order valence-corrected chi connectivity index (χ3v) is 3.68. The lowest BCUT2D eigenvalue weighted by molar-refractivity contribution is 0.0993. The fourth-order valence-corrected chi connectivity index (χ4v) is 2.29. The number of benzene rings is 2. The number of rotatable bonds is 3. The minimum Gasteiger partial charge on any atom is -0.396 e. The van der Waals surface area contributed by atoms with Crippen LogP contribution in [0.3, 0.4) is 0 Å². The van der Waals surface area contributed by atoms with Crippen LogP contribution in [-0.2, 0) is 6.42 Å². The van der Waals surface area contributed by atoms with Gasteiger partial charge in [0.05, 0.1) is 20.8 Å². The van der Waals surface area contributed by atoms with E-state index < -0.39 is 5.82 Å². The van der Waals surface area contributed by atoms with Crippen molar-refractivity contribution in [1.29, 1.82) is 0 Å². The maximum Gasteiger partial charge on any atom is 0.167 e. The highest BCUT2D eigenvalue weighted by Crippen LogP contribution is 2.29. The predicted molar refractivity (Wildman–Crippen MR) is 80.3 cm³/mol. The van der Waals surface area contributed by atoms with E-state index in [1.54, 1.807) is 6.07 Å². The molecule has 2 rings (SSSR count). The van der Waals surface area contributed by atoms with E-state index in [0.717, 1.165) is 0 Å². The van der Waals surface area contributed by atoms with E-state index in [1.807, 2.05) is 0 Å². The summed E-state index contributed by atoms with van der Waals surface area (Å²) in [6, 6.07) is 7.10. The fourth-order valence-electron chi connectivity index (χ4n) is 1.68. The number of hydrogen-bond acceptors (Lipinski definition) is 2. The molecule has 104 valence electrons. The van der Waals surface area contributed by atoms with Crippen molar-refractivity contribution < 1.29 is 9.18 Å². The molecule has 0 saturated heterocycles. The van der Waals surface area contributed by atoms with Crippen LogP contribution in [-0.4, -0.2) is 5.78 Å². The number of hydrogen-bond donors (Lipinski definition) is 1. The molecule has 0 aliphatic carbocycles. The van der Waals surface area contributed by atoms with Crippen molar-refractivity contribution in [3.63, 3.8) is 0 Å². The molecule has 0 bridgehead atoms. The first-order chi connectivity index (χ1) is 9.38. The molecule has 2 N–H and O–H groups in total. The summed E-state index contributed by atoms with van der Waals surface area (Å²) in [5.74, 6) is -0.805. The summed E-state index contributed by atoms with van der Waals surface area (Å²) < 4.78 is 13.3. The van der Waals surface area contributed by atoms with Gasteiger partial charge in [-0.1, -0.05) is 40.9 Å². The normalized spacial score (nSPS) is 10.6. The predicted octanol–water partition coefficient (Wildman–Crippen LogP) is 4.79. The number of nitrogens with two attached hydrogens (primary N) is 1. The Morgan fingerprint density at radius 2 is 1.65 bits per heavy atom.